The molecule has 172 valence electrons. The zero-order valence-corrected chi connectivity index (χ0v) is 19.1. The Bertz CT molecular complexity index is 1530. The minimum atomic E-state index is -3.84. The van der Waals surface area contributed by atoms with Crippen molar-refractivity contribution in [2.75, 3.05) is 15.8 Å². The lowest BCUT2D eigenvalue weighted by Gasteiger charge is -2.12. The topological polar surface area (TPSA) is 162 Å². The predicted molar refractivity (Wildman–Crippen MR) is 125 cm³/mol. The molecule has 0 amide bonds. The van der Waals surface area contributed by atoms with E-state index < -0.39 is 20.0 Å². The molecule has 11 nitrogen and oxygen atoms in total. The number of sulfonamides is 2. The van der Waals surface area contributed by atoms with E-state index in [-0.39, 0.29) is 22.4 Å². The number of fused-ring (bicyclic) bond motifs is 1. The number of anilines is 3. The molecule has 0 saturated carbocycles. The summed E-state index contributed by atoms with van der Waals surface area (Å²) in [6, 6.07) is 11.4. The molecule has 1 aromatic carbocycles. The lowest BCUT2D eigenvalue weighted by atomic mass is 10.2. The number of benzene rings is 1. The van der Waals surface area contributed by atoms with Gasteiger partial charge in [0.05, 0.1) is 17.2 Å². The number of nitrogens with one attached hydrogen (secondary N) is 2. The van der Waals surface area contributed by atoms with Crippen molar-refractivity contribution in [1.82, 2.24) is 19.5 Å². The van der Waals surface area contributed by atoms with Crippen LogP contribution < -0.4 is 15.2 Å². The van der Waals surface area contributed by atoms with Crippen LogP contribution in [0, 0.1) is 0 Å². The maximum absolute atomic E-state index is 12.0. The van der Waals surface area contributed by atoms with Gasteiger partial charge in [0.1, 0.15) is 11.5 Å². The van der Waals surface area contributed by atoms with Gasteiger partial charge < -0.3 is 9.88 Å². The molecule has 0 aliphatic heterocycles. The highest BCUT2D eigenvalue weighted by molar-refractivity contribution is 7.92. The third-order valence-electron chi connectivity index (χ3n) is 4.78. The Labute approximate surface area is 190 Å². The summed E-state index contributed by atoms with van der Waals surface area (Å²) in [6.45, 7) is 1.87. The van der Waals surface area contributed by atoms with E-state index in [2.05, 4.69) is 25.0 Å². The van der Waals surface area contributed by atoms with Gasteiger partial charge in [-0.05, 0) is 37.3 Å². The number of hydrogen-bond donors (Lipinski definition) is 3. The quantitative estimate of drug-likeness (QED) is 0.340. The van der Waals surface area contributed by atoms with Gasteiger partial charge in [-0.1, -0.05) is 12.1 Å². The number of nitrogens with two attached hydrogens (primary N) is 1. The number of pyridine rings is 1. The lowest BCUT2D eigenvalue weighted by molar-refractivity contribution is 0.597. The average molecular weight is 488 g/mol. The molecule has 3 heterocycles. The van der Waals surface area contributed by atoms with Crippen LogP contribution in [0.15, 0.2) is 66.0 Å². The molecule has 0 unspecified atom stereocenters. The molecule has 13 heteroatoms. The van der Waals surface area contributed by atoms with Crippen LogP contribution in [-0.2, 0) is 26.6 Å². The number of hydrogen-bond acceptors (Lipinski definition) is 8. The summed E-state index contributed by atoms with van der Waals surface area (Å²) in [5, 5.41) is 8.95. The van der Waals surface area contributed by atoms with E-state index in [1.807, 2.05) is 16.8 Å². The Morgan fingerprint density at radius 1 is 1.06 bits per heavy atom. The third-order valence-corrected chi connectivity index (χ3v) is 6.96. The first kappa shape index (κ1) is 22.6. The largest absolute Gasteiger partial charge is 0.328 e. The fourth-order valence-corrected chi connectivity index (χ4v) is 4.28. The fraction of sp³-hybridized carbons (Fsp3) is 0.150. The number of rotatable bonds is 8. The van der Waals surface area contributed by atoms with Crippen molar-refractivity contribution < 1.29 is 16.8 Å². The summed E-state index contributed by atoms with van der Waals surface area (Å²) in [4.78, 5) is 12.9. The number of aromatic nitrogens is 4. The molecule has 0 bridgehead atoms. The smallest absolute Gasteiger partial charge is 0.238 e. The molecule has 4 aromatic rings. The first-order valence-electron chi connectivity index (χ1n) is 9.81. The summed E-state index contributed by atoms with van der Waals surface area (Å²) >= 11 is 0. The second kappa shape index (κ2) is 8.77. The van der Waals surface area contributed by atoms with Gasteiger partial charge in [-0.2, -0.15) is 4.98 Å². The van der Waals surface area contributed by atoms with Gasteiger partial charge in [0.25, 0.3) is 0 Å². The van der Waals surface area contributed by atoms with Crippen LogP contribution in [0.2, 0.25) is 0 Å². The SMILES string of the molecule is CCS(=O)(=O)Nc1ncccc1Cn1ccc2cnc(Nc3cccc(S(N)(=O)=O)c3)nc21. The van der Waals surface area contributed by atoms with E-state index in [9.17, 15) is 16.8 Å². The van der Waals surface area contributed by atoms with Gasteiger partial charge in [0.15, 0.2) is 0 Å². The summed E-state index contributed by atoms with van der Waals surface area (Å²) in [6.07, 6.45) is 4.97. The Morgan fingerprint density at radius 3 is 2.64 bits per heavy atom. The summed E-state index contributed by atoms with van der Waals surface area (Å²) in [7, 11) is -7.32. The van der Waals surface area contributed by atoms with E-state index >= 15 is 0 Å². The number of nitrogens with zero attached hydrogens (tertiary/aromatic N) is 4. The molecule has 33 heavy (non-hydrogen) atoms. The normalized spacial score (nSPS) is 12.1. The highest BCUT2D eigenvalue weighted by Crippen LogP contribution is 2.22. The molecule has 3 aromatic heterocycles. The zero-order valence-electron chi connectivity index (χ0n) is 17.5. The van der Waals surface area contributed by atoms with Crippen molar-refractivity contribution in [3.05, 3.63) is 66.6 Å². The molecule has 0 spiro atoms. The Morgan fingerprint density at radius 2 is 1.88 bits per heavy atom. The molecule has 4 N–H and O–H groups in total. The standard InChI is InChI=1S/C20H21N7O4S2/c1-2-32(28,29)26-18-15(5-4-9-22-18)13-27-10-8-14-12-23-20(25-19(14)27)24-16-6-3-7-17(11-16)33(21,30)31/h3-12H,2,13H2,1H3,(H,22,26)(H2,21,30,31)(H,23,24,25). The van der Waals surface area contributed by atoms with E-state index in [1.165, 1.54) is 18.3 Å². The molecular weight excluding hydrogens is 466 g/mol. The Hall–Kier alpha value is -3.55. The second-order valence-electron chi connectivity index (χ2n) is 7.13. The van der Waals surface area contributed by atoms with Gasteiger partial charge in [0, 0.05) is 35.2 Å². The molecule has 0 aliphatic rings. The maximum atomic E-state index is 12.0. The third kappa shape index (κ3) is 5.27. The van der Waals surface area contributed by atoms with Crippen LogP contribution in [0.25, 0.3) is 11.0 Å². The molecule has 0 radical (unpaired) electrons. The van der Waals surface area contributed by atoms with Gasteiger partial charge in [-0.25, -0.2) is 31.9 Å². The Kier molecular flexibility index (Phi) is 6.01. The van der Waals surface area contributed by atoms with Crippen LogP contribution >= 0.6 is 0 Å². The van der Waals surface area contributed by atoms with E-state index in [0.717, 1.165) is 5.39 Å². The minimum absolute atomic E-state index is 0.0319. The first-order valence-corrected chi connectivity index (χ1v) is 13.0. The summed E-state index contributed by atoms with van der Waals surface area (Å²) < 4.78 is 51.5. The van der Waals surface area contributed by atoms with Crippen LogP contribution in [0.3, 0.4) is 0 Å². The van der Waals surface area contributed by atoms with Crippen LogP contribution in [0.1, 0.15) is 12.5 Å². The zero-order chi connectivity index (χ0) is 23.6. The monoisotopic (exact) mass is 487 g/mol. The molecule has 4 rings (SSSR count). The van der Waals surface area contributed by atoms with E-state index in [4.69, 9.17) is 5.14 Å². The van der Waals surface area contributed by atoms with E-state index in [1.54, 1.807) is 37.4 Å². The number of primary sulfonamides is 1. The van der Waals surface area contributed by atoms with Crippen molar-refractivity contribution in [2.45, 2.75) is 18.4 Å². The van der Waals surface area contributed by atoms with Gasteiger partial charge >= 0.3 is 0 Å². The van der Waals surface area contributed by atoms with Crippen molar-refractivity contribution in [3.8, 4) is 0 Å². The maximum Gasteiger partial charge on any atom is 0.238 e. The first-order chi connectivity index (χ1) is 15.6. The second-order valence-corrected chi connectivity index (χ2v) is 10.7. The van der Waals surface area contributed by atoms with Crippen molar-refractivity contribution in [2.24, 2.45) is 5.14 Å². The van der Waals surface area contributed by atoms with Gasteiger partial charge in [0.2, 0.25) is 26.0 Å². The Balaban J connectivity index is 1.64. The van der Waals surface area contributed by atoms with Crippen LogP contribution in [0.4, 0.5) is 17.5 Å². The molecule has 0 atom stereocenters. The minimum Gasteiger partial charge on any atom is -0.328 e. The highest BCUT2D eigenvalue weighted by atomic mass is 32.2. The van der Waals surface area contributed by atoms with Crippen LogP contribution in [0.5, 0.6) is 0 Å². The molecule has 0 saturated heterocycles. The lowest BCUT2D eigenvalue weighted by Crippen LogP contribution is -2.17. The fourth-order valence-electron chi connectivity index (χ4n) is 3.10. The highest BCUT2D eigenvalue weighted by Gasteiger charge is 2.14. The average Bonchev–Trinajstić information content (AvgIpc) is 3.17. The predicted octanol–water partition coefficient (Wildman–Crippen LogP) is 2.03. The van der Waals surface area contributed by atoms with Crippen molar-refractivity contribution >= 4 is 48.5 Å². The van der Waals surface area contributed by atoms with Crippen LogP contribution in [-0.4, -0.2) is 42.1 Å². The molecular formula is C20H21N7O4S2. The summed E-state index contributed by atoms with van der Waals surface area (Å²) in [5.41, 5.74) is 1.73. The van der Waals surface area contributed by atoms with Gasteiger partial charge in [-0.3, -0.25) is 4.72 Å². The van der Waals surface area contributed by atoms with Gasteiger partial charge in [-0.15, -0.1) is 0 Å². The van der Waals surface area contributed by atoms with Crippen molar-refractivity contribution in [1.29, 1.82) is 0 Å². The molecule has 0 fully saturated rings. The molecule has 0 aliphatic carbocycles. The summed E-state index contributed by atoms with van der Waals surface area (Å²) in [5.74, 6) is 0.449. The van der Waals surface area contributed by atoms with Crippen molar-refractivity contribution in [3.63, 3.8) is 0 Å². The van der Waals surface area contributed by atoms with E-state index in [0.29, 0.717) is 23.4 Å².